The molecule has 0 amide bonds. The molecule has 1 aromatic rings. The van der Waals surface area contributed by atoms with Crippen LogP contribution in [0.1, 0.15) is 51.1 Å². The SMILES string of the molecule is CCCNC(C)c1cccnc1N(C)CC1CCCCO1. The normalized spacial score (nSPS) is 20.2. The molecule has 1 aliphatic heterocycles. The molecule has 2 heterocycles. The van der Waals surface area contributed by atoms with Crippen LogP contribution in [0.5, 0.6) is 0 Å². The molecule has 1 aromatic heterocycles. The summed E-state index contributed by atoms with van der Waals surface area (Å²) in [4.78, 5) is 6.85. The Bertz CT molecular complexity index is 418. The van der Waals surface area contributed by atoms with Crippen molar-refractivity contribution in [2.24, 2.45) is 0 Å². The highest BCUT2D eigenvalue weighted by Gasteiger charge is 2.19. The van der Waals surface area contributed by atoms with Crippen molar-refractivity contribution >= 4 is 5.82 Å². The fourth-order valence-corrected chi connectivity index (χ4v) is 2.88. The minimum absolute atomic E-state index is 0.323. The minimum atomic E-state index is 0.323. The Morgan fingerprint density at radius 1 is 1.48 bits per heavy atom. The molecule has 1 N–H and O–H groups in total. The highest BCUT2D eigenvalue weighted by Crippen LogP contribution is 2.24. The van der Waals surface area contributed by atoms with E-state index in [1.807, 2.05) is 12.3 Å². The van der Waals surface area contributed by atoms with Gasteiger partial charge >= 0.3 is 0 Å². The molecule has 118 valence electrons. The zero-order valence-electron chi connectivity index (χ0n) is 13.6. The molecule has 0 saturated carbocycles. The molecule has 0 aliphatic carbocycles. The van der Waals surface area contributed by atoms with Gasteiger partial charge in [-0.1, -0.05) is 13.0 Å². The van der Waals surface area contributed by atoms with Crippen LogP contribution in [0.15, 0.2) is 18.3 Å². The smallest absolute Gasteiger partial charge is 0.133 e. The van der Waals surface area contributed by atoms with Gasteiger partial charge in [0.2, 0.25) is 0 Å². The van der Waals surface area contributed by atoms with Crippen LogP contribution < -0.4 is 10.2 Å². The van der Waals surface area contributed by atoms with Crippen molar-refractivity contribution in [3.05, 3.63) is 23.9 Å². The average molecular weight is 291 g/mol. The van der Waals surface area contributed by atoms with Crippen molar-refractivity contribution in [2.45, 2.75) is 51.7 Å². The summed E-state index contributed by atoms with van der Waals surface area (Å²) in [6.07, 6.45) is 7.01. The third-order valence-electron chi connectivity index (χ3n) is 4.10. The zero-order chi connectivity index (χ0) is 15.1. The summed E-state index contributed by atoms with van der Waals surface area (Å²) < 4.78 is 5.85. The van der Waals surface area contributed by atoms with Crippen LogP contribution in [0.25, 0.3) is 0 Å². The number of likely N-dealkylation sites (N-methyl/N-ethyl adjacent to an activating group) is 1. The topological polar surface area (TPSA) is 37.4 Å². The Kier molecular flexibility index (Phi) is 6.46. The van der Waals surface area contributed by atoms with Gasteiger partial charge in [-0.25, -0.2) is 4.98 Å². The number of rotatable bonds is 7. The molecule has 1 saturated heterocycles. The van der Waals surface area contributed by atoms with Crippen LogP contribution in [-0.2, 0) is 4.74 Å². The summed E-state index contributed by atoms with van der Waals surface area (Å²) in [6.45, 7) is 7.26. The summed E-state index contributed by atoms with van der Waals surface area (Å²) in [6, 6.07) is 4.52. The van der Waals surface area contributed by atoms with Crippen molar-refractivity contribution in [3.63, 3.8) is 0 Å². The molecular formula is C17H29N3O. The van der Waals surface area contributed by atoms with Crippen molar-refractivity contribution in [2.75, 3.05) is 31.6 Å². The summed E-state index contributed by atoms with van der Waals surface area (Å²) in [5.74, 6) is 1.07. The van der Waals surface area contributed by atoms with E-state index in [2.05, 4.69) is 42.2 Å². The number of aromatic nitrogens is 1. The van der Waals surface area contributed by atoms with Crippen molar-refractivity contribution < 1.29 is 4.74 Å². The molecule has 1 fully saturated rings. The van der Waals surface area contributed by atoms with Crippen molar-refractivity contribution in [3.8, 4) is 0 Å². The van der Waals surface area contributed by atoms with Gasteiger partial charge in [0.15, 0.2) is 0 Å². The standard InChI is InChI=1S/C17H29N3O/c1-4-10-18-14(2)16-9-7-11-19-17(16)20(3)13-15-8-5-6-12-21-15/h7,9,11,14-15,18H,4-6,8,10,12-13H2,1-3H3. The van der Waals surface area contributed by atoms with E-state index in [1.165, 1.54) is 18.4 Å². The molecule has 2 rings (SSSR count). The van der Waals surface area contributed by atoms with Gasteiger partial charge in [0.05, 0.1) is 6.10 Å². The van der Waals surface area contributed by atoms with E-state index in [0.717, 1.165) is 38.4 Å². The van der Waals surface area contributed by atoms with Crippen LogP contribution in [0, 0.1) is 0 Å². The minimum Gasteiger partial charge on any atom is -0.376 e. The van der Waals surface area contributed by atoms with E-state index in [4.69, 9.17) is 4.74 Å². The van der Waals surface area contributed by atoms with Crippen molar-refractivity contribution in [1.29, 1.82) is 0 Å². The Labute approximate surface area is 128 Å². The summed E-state index contributed by atoms with van der Waals surface area (Å²) >= 11 is 0. The van der Waals surface area contributed by atoms with Crippen LogP contribution in [-0.4, -0.2) is 37.8 Å². The molecule has 21 heavy (non-hydrogen) atoms. The van der Waals surface area contributed by atoms with E-state index in [1.54, 1.807) is 0 Å². The monoisotopic (exact) mass is 291 g/mol. The van der Waals surface area contributed by atoms with Gasteiger partial charge in [0.25, 0.3) is 0 Å². The lowest BCUT2D eigenvalue weighted by atomic mass is 10.1. The van der Waals surface area contributed by atoms with Gasteiger partial charge < -0.3 is 15.0 Å². The molecule has 2 atom stereocenters. The fourth-order valence-electron chi connectivity index (χ4n) is 2.88. The van der Waals surface area contributed by atoms with Gasteiger partial charge in [-0.05, 0) is 45.2 Å². The first-order valence-corrected chi connectivity index (χ1v) is 8.23. The molecule has 4 heteroatoms. The van der Waals surface area contributed by atoms with Gasteiger partial charge in [0.1, 0.15) is 5.82 Å². The van der Waals surface area contributed by atoms with Gasteiger partial charge in [0, 0.05) is 38.0 Å². The van der Waals surface area contributed by atoms with Gasteiger partial charge in [-0.3, -0.25) is 0 Å². The zero-order valence-corrected chi connectivity index (χ0v) is 13.6. The molecule has 1 aliphatic rings. The molecule has 0 aromatic carbocycles. The highest BCUT2D eigenvalue weighted by molar-refractivity contribution is 5.47. The van der Waals surface area contributed by atoms with E-state index < -0.39 is 0 Å². The Hall–Kier alpha value is -1.13. The lowest BCUT2D eigenvalue weighted by Crippen LogP contribution is -2.35. The number of nitrogens with one attached hydrogen (secondary N) is 1. The number of anilines is 1. The maximum atomic E-state index is 5.85. The third-order valence-corrected chi connectivity index (χ3v) is 4.10. The molecule has 2 unspecified atom stereocenters. The summed E-state index contributed by atoms with van der Waals surface area (Å²) in [5, 5.41) is 3.55. The lowest BCUT2D eigenvalue weighted by molar-refractivity contribution is 0.0215. The first-order chi connectivity index (χ1) is 10.2. The lowest BCUT2D eigenvalue weighted by Gasteiger charge is -2.30. The second-order valence-corrected chi connectivity index (χ2v) is 5.96. The number of hydrogen-bond acceptors (Lipinski definition) is 4. The van der Waals surface area contributed by atoms with E-state index >= 15 is 0 Å². The second-order valence-electron chi connectivity index (χ2n) is 5.96. The molecule has 0 radical (unpaired) electrons. The summed E-state index contributed by atoms with van der Waals surface area (Å²) in [7, 11) is 2.12. The predicted octanol–water partition coefficient (Wildman–Crippen LogP) is 3.15. The highest BCUT2D eigenvalue weighted by atomic mass is 16.5. The Morgan fingerprint density at radius 3 is 3.05 bits per heavy atom. The fraction of sp³-hybridized carbons (Fsp3) is 0.706. The first kappa shape index (κ1) is 16.2. The second kappa shape index (κ2) is 8.35. The Morgan fingerprint density at radius 2 is 2.33 bits per heavy atom. The van der Waals surface area contributed by atoms with Gasteiger partial charge in [-0.2, -0.15) is 0 Å². The largest absolute Gasteiger partial charge is 0.376 e. The quantitative estimate of drug-likeness (QED) is 0.837. The molecule has 0 spiro atoms. The van der Waals surface area contributed by atoms with Crippen LogP contribution in [0.3, 0.4) is 0 Å². The maximum absolute atomic E-state index is 5.85. The van der Waals surface area contributed by atoms with Crippen LogP contribution in [0.2, 0.25) is 0 Å². The molecule has 4 nitrogen and oxygen atoms in total. The number of pyridine rings is 1. The number of hydrogen-bond donors (Lipinski definition) is 1. The maximum Gasteiger partial charge on any atom is 0.133 e. The average Bonchev–Trinajstić information content (AvgIpc) is 2.53. The van der Waals surface area contributed by atoms with Crippen molar-refractivity contribution in [1.82, 2.24) is 10.3 Å². The van der Waals surface area contributed by atoms with Crippen LogP contribution in [0.4, 0.5) is 5.82 Å². The van der Waals surface area contributed by atoms with E-state index in [9.17, 15) is 0 Å². The van der Waals surface area contributed by atoms with Crippen LogP contribution >= 0.6 is 0 Å². The number of nitrogens with zero attached hydrogens (tertiary/aromatic N) is 2. The number of ether oxygens (including phenoxy) is 1. The van der Waals surface area contributed by atoms with E-state index in [-0.39, 0.29) is 0 Å². The third kappa shape index (κ3) is 4.68. The predicted molar refractivity (Wildman–Crippen MR) is 87.8 cm³/mol. The molecule has 0 bridgehead atoms. The Balaban J connectivity index is 2.03. The first-order valence-electron chi connectivity index (χ1n) is 8.23. The molecular weight excluding hydrogens is 262 g/mol. The van der Waals surface area contributed by atoms with Gasteiger partial charge in [-0.15, -0.1) is 0 Å². The summed E-state index contributed by atoms with van der Waals surface area (Å²) in [5.41, 5.74) is 1.27. The van der Waals surface area contributed by atoms with E-state index in [0.29, 0.717) is 12.1 Å².